The van der Waals surface area contributed by atoms with E-state index in [0.29, 0.717) is 22.6 Å². The average molecular weight is 377 g/mol. The summed E-state index contributed by atoms with van der Waals surface area (Å²) >= 11 is 0. The molecule has 27 heavy (non-hydrogen) atoms. The summed E-state index contributed by atoms with van der Waals surface area (Å²) in [5, 5.41) is 0. The monoisotopic (exact) mass is 377 g/mol. The Hall–Kier alpha value is -2.76. The van der Waals surface area contributed by atoms with Crippen molar-refractivity contribution in [3.8, 4) is 0 Å². The first-order chi connectivity index (χ1) is 12.9. The number of hydrogen-bond acceptors (Lipinski definition) is 3. The van der Waals surface area contributed by atoms with Crippen molar-refractivity contribution in [3.05, 3.63) is 101 Å². The largest absolute Gasteiger partial charge is 0.289 e. The number of sulfonamides is 1. The fourth-order valence-corrected chi connectivity index (χ4v) is 4.69. The fraction of sp³-hybridized carbons (Fsp3) is 0.136. The maximum Gasteiger partial charge on any atom is 0.243 e. The molecule has 1 aliphatic heterocycles. The van der Waals surface area contributed by atoms with E-state index in [0.717, 1.165) is 16.7 Å². The van der Waals surface area contributed by atoms with Crippen LogP contribution in [0.2, 0.25) is 0 Å². The van der Waals surface area contributed by atoms with Crippen LogP contribution in [0.3, 0.4) is 0 Å². The van der Waals surface area contributed by atoms with E-state index in [1.165, 1.54) is 4.31 Å². The van der Waals surface area contributed by atoms with Crippen LogP contribution in [0.15, 0.2) is 77.7 Å². The molecule has 0 saturated carbocycles. The summed E-state index contributed by atoms with van der Waals surface area (Å²) in [6.07, 6.45) is 0. The van der Waals surface area contributed by atoms with Gasteiger partial charge in [-0.15, -0.1) is 0 Å². The van der Waals surface area contributed by atoms with Crippen LogP contribution in [0.1, 0.15) is 32.6 Å². The van der Waals surface area contributed by atoms with Gasteiger partial charge in [0, 0.05) is 24.2 Å². The minimum atomic E-state index is -3.56. The molecule has 0 saturated heterocycles. The number of benzene rings is 3. The van der Waals surface area contributed by atoms with E-state index >= 15 is 0 Å². The van der Waals surface area contributed by atoms with E-state index < -0.39 is 10.0 Å². The van der Waals surface area contributed by atoms with Gasteiger partial charge in [-0.2, -0.15) is 4.31 Å². The van der Waals surface area contributed by atoms with Gasteiger partial charge in [0.25, 0.3) is 0 Å². The predicted octanol–water partition coefficient (Wildman–Crippen LogP) is 3.93. The van der Waals surface area contributed by atoms with Gasteiger partial charge in [0.2, 0.25) is 10.0 Å². The average Bonchev–Trinajstić information content (AvgIpc) is 3.12. The summed E-state index contributed by atoms with van der Waals surface area (Å²) < 4.78 is 27.3. The molecule has 3 aromatic carbocycles. The Morgan fingerprint density at radius 3 is 2.19 bits per heavy atom. The molecule has 0 aliphatic carbocycles. The van der Waals surface area contributed by atoms with E-state index in [1.54, 1.807) is 42.5 Å². The van der Waals surface area contributed by atoms with Gasteiger partial charge in [-0.25, -0.2) is 8.42 Å². The molecule has 0 radical (unpaired) electrons. The lowest BCUT2D eigenvalue weighted by atomic mass is 9.99. The summed E-state index contributed by atoms with van der Waals surface area (Å²) in [4.78, 5) is 12.9. The van der Waals surface area contributed by atoms with E-state index in [1.807, 2.05) is 37.3 Å². The molecular weight excluding hydrogens is 358 g/mol. The standard InChI is InChI=1S/C22H19NO3S/c1-16-7-11-21(12-8-16)27(25,26)23-14-19-10-9-18(13-20(19)15-23)22(24)17-5-3-2-4-6-17/h2-13H,14-15H2,1H3. The van der Waals surface area contributed by atoms with Crippen molar-refractivity contribution in [2.75, 3.05) is 0 Å². The minimum absolute atomic E-state index is 0.0572. The van der Waals surface area contributed by atoms with E-state index in [4.69, 9.17) is 0 Å². The van der Waals surface area contributed by atoms with Crippen molar-refractivity contribution >= 4 is 15.8 Å². The maximum atomic E-state index is 12.9. The number of hydrogen-bond donors (Lipinski definition) is 0. The molecule has 5 heteroatoms. The highest BCUT2D eigenvalue weighted by Crippen LogP contribution is 2.30. The van der Waals surface area contributed by atoms with Crippen molar-refractivity contribution in [1.29, 1.82) is 0 Å². The summed E-state index contributed by atoms with van der Waals surface area (Å²) in [6.45, 7) is 2.53. The summed E-state index contributed by atoms with van der Waals surface area (Å²) in [5.41, 5.74) is 4.04. The van der Waals surface area contributed by atoms with Crippen LogP contribution in [0.5, 0.6) is 0 Å². The van der Waals surface area contributed by atoms with Gasteiger partial charge in [0.15, 0.2) is 5.78 Å². The second-order valence-electron chi connectivity index (χ2n) is 6.76. The Balaban J connectivity index is 1.61. The normalized spacial score (nSPS) is 14.1. The van der Waals surface area contributed by atoms with E-state index in [2.05, 4.69) is 0 Å². The molecule has 0 unspecified atom stereocenters. The minimum Gasteiger partial charge on any atom is -0.289 e. The molecule has 4 nitrogen and oxygen atoms in total. The second-order valence-corrected chi connectivity index (χ2v) is 8.70. The number of carbonyl (C=O) groups excluding carboxylic acids is 1. The predicted molar refractivity (Wildman–Crippen MR) is 104 cm³/mol. The summed E-state index contributed by atoms with van der Waals surface area (Å²) in [6, 6.07) is 21.4. The smallest absolute Gasteiger partial charge is 0.243 e. The highest BCUT2D eigenvalue weighted by atomic mass is 32.2. The molecule has 136 valence electrons. The quantitative estimate of drug-likeness (QED) is 0.648. The van der Waals surface area contributed by atoms with Crippen LogP contribution in [0, 0.1) is 6.92 Å². The van der Waals surface area contributed by atoms with E-state index in [9.17, 15) is 13.2 Å². The third-order valence-electron chi connectivity index (χ3n) is 4.86. The SMILES string of the molecule is Cc1ccc(S(=O)(=O)N2Cc3ccc(C(=O)c4ccccc4)cc3C2)cc1. The highest BCUT2D eigenvalue weighted by molar-refractivity contribution is 7.89. The van der Waals surface area contributed by atoms with Gasteiger partial charge in [-0.1, -0.05) is 60.2 Å². The van der Waals surface area contributed by atoms with Crippen LogP contribution in [0.25, 0.3) is 0 Å². The molecule has 3 aromatic rings. The molecule has 1 heterocycles. The molecule has 0 aromatic heterocycles. The van der Waals surface area contributed by atoms with Crippen LogP contribution in [-0.4, -0.2) is 18.5 Å². The zero-order valence-corrected chi connectivity index (χ0v) is 15.7. The van der Waals surface area contributed by atoms with Gasteiger partial charge < -0.3 is 0 Å². The lowest BCUT2D eigenvalue weighted by Crippen LogP contribution is -2.25. The number of ketones is 1. The molecule has 0 N–H and O–H groups in total. The van der Waals surface area contributed by atoms with Crippen LogP contribution >= 0.6 is 0 Å². The fourth-order valence-electron chi connectivity index (χ4n) is 3.29. The van der Waals surface area contributed by atoms with Gasteiger partial charge in [0.1, 0.15) is 0 Å². The third kappa shape index (κ3) is 3.31. The highest BCUT2D eigenvalue weighted by Gasteiger charge is 2.31. The van der Waals surface area contributed by atoms with Crippen molar-refractivity contribution in [3.63, 3.8) is 0 Å². The first-order valence-corrected chi connectivity index (χ1v) is 10.2. The molecule has 4 rings (SSSR count). The van der Waals surface area contributed by atoms with Crippen molar-refractivity contribution in [2.24, 2.45) is 0 Å². The number of fused-ring (bicyclic) bond motifs is 1. The van der Waals surface area contributed by atoms with Crippen LogP contribution in [-0.2, 0) is 23.1 Å². The molecule has 0 fully saturated rings. The number of rotatable bonds is 4. The molecule has 1 aliphatic rings. The molecule has 0 amide bonds. The van der Waals surface area contributed by atoms with Gasteiger partial charge in [-0.05, 0) is 36.2 Å². The first kappa shape index (κ1) is 17.6. The van der Waals surface area contributed by atoms with Gasteiger partial charge >= 0.3 is 0 Å². The lowest BCUT2D eigenvalue weighted by Gasteiger charge is -2.15. The zero-order valence-electron chi connectivity index (χ0n) is 14.9. The van der Waals surface area contributed by atoms with Crippen LogP contribution in [0.4, 0.5) is 0 Å². The Labute approximate surface area is 159 Å². The first-order valence-electron chi connectivity index (χ1n) is 8.73. The van der Waals surface area contributed by atoms with Gasteiger partial charge in [0.05, 0.1) is 4.90 Å². The van der Waals surface area contributed by atoms with Gasteiger partial charge in [-0.3, -0.25) is 4.79 Å². The Morgan fingerprint density at radius 1 is 0.815 bits per heavy atom. The van der Waals surface area contributed by atoms with E-state index in [-0.39, 0.29) is 12.3 Å². The topological polar surface area (TPSA) is 54.5 Å². The molecular formula is C22H19NO3S. The molecule has 0 bridgehead atoms. The van der Waals surface area contributed by atoms with Crippen molar-refractivity contribution in [2.45, 2.75) is 24.9 Å². The Bertz CT molecular complexity index is 1100. The van der Waals surface area contributed by atoms with Crippen LogP contribution < -0.4 is 0 Å². The summed E-state index contributed by atoms with van der Waals surface area (Å²) in [5.74, 6) is -0.0572. The zero-order chi connectivity index (χ0) is 19.0. The molecule has 0 atom stereocenters. The Kier molecular flexibility index (Phi) is 4.42. The Morgan fingerprint density at radius 2 is 1.48 bits per heavy atom. The lowest BCUT2D eigenvalue weighted by molar-refractivity contribution is 0.103. The van der Waals surface area contributed by atoms with Crippen molar-refractivity contribution < 1.29 is 13.2 Å². The second kappa shape index (κ2) is 6.76. The maximum absolute atomic E-state index is 12.9. The third-order valence-corrected chi connectivity index (χ3v) is 6.66. The number of nitrogens with zero attached hydrogens (tertiary/aromatic N) is 1. The number of aryl methyl sites for hydroxylation is 1. The van der Waals surface area contributed by atoms with Crippen molar-refractivity contribution in [1.82, 2.24) is 4.31 Å². The molecule has 0 spiro atoms. The summed E-state index contributed by atoms with van der Waals surface area (Å²) in [7, 11) is -3.56. The number of carbonyl (C=O) groups is 1.